The number of thiol groups is 1. The minimum absolute atomic E-state index is 0.327. The maximum atomic E-state index is 5.61. The van der Waals surface area contributed by atoms with Crippen LogP contribution >= 0.6 is 12.6 Å². The van der Waals surface area contributed by atoms with Crippen molar-refractivity contribution in [2.45, 2.75) is 37.9 Å². The summed E-state index contributed by atoms with van der Waals surface area (Å²) in [6, 6.07) is 8.02. The summed E-state index contributed by atoms with van der Waals surface area (Å²) >= 11 is 4.35. The molecule has 13 heavy (non-hydrogen) atoms. The molecule has 0 fully saturated rings. The molecule has 0 aliphatic heterocycles. The Hall–Kier alpha value is -0.470. The van der Waals surface area contributed by atoms with Crippen LogP contribution < -0.4 is 0 Å². The van der Waals surface area contributed by atoms with E-state index in [1.165, 1.54) is 0 Å². The van der Waals surface area contributed by atoms with Crippen LogP contribution in [0.1, 0.15) is 25.8 Å². The fourth-order valence-electron chi connectivity index (χ4n) is 0.983. The van der Waals surface area contributed by atoms with E-state index in [1.807, 2.05) is 24.3 Å². The Labute approximate surface area is 85.5 Å². The highest BCUT2D eigenvalue weighted by Crippen LogP contribution is 2.14. The monoisotopic (exact) mass is 196 g/mol. The van der Waals surface area contributed by atoms with Crippen molar-refractivity contribution in [3.63, 3.8) is 0 Å². The van der Waals surface area contributed by atoms with Gasteiger partial charge >= 0.3 is 0 Å². The van der Waals surface area contributed by atoms with Gasteiger partial charge in [-0.3, -0.25) is 0 Å². The lowest BCUT2D eigenvalue weighted by atomic mass is 10.2. The first-order chi connectivity index (χ1) is 6.24. The molecule has 0 amide bonds. The Morgan fingerprint density at radius 3 is 2.69 bits per heavy atom. The average Bonchev–Trinajstić information content (AvgIpc) is 2.16. The molecule has 72 valence electrons. The predicted octanol–water partition coefficient (Wildman–Crippen LogP) is 3.29. The van der Waals surface area contributed by atoms with Crippen LogP contribution in [0.5, 0.6) is 0 Å². The lowest BCUT2D eigenvalue weighted by Crippen LogP contribution is -2.06. The lowest BCUT2D eigenvalue weighted by Gasteiger charge is -2.11. The van der Waals surface area contributed by atoms with Crippen LogP contribution in [0.4, 0.5) is 0 Å². The summed E-state index contributed by atoms with van der Waals surface area (Å²) in [5.41, 5.74) is 1.16. The molecule has 1 unspecified atom stereocenters. The van der Waals surface area contributed by atoms with E-state index in [0.717, 1.165) is 16.9 Å². The Kier molecular flexibility index (Phi) is 4.33. The Bertz CT molecular complexity index is 260. The number of ether oxygens (including phenoxy) is 1. The van der Waals surface area contributed by atoms with Crippen molar-refractivity contribution in [2.24, 2.45) is 0 Å². The minimum Gasteiger partial charge on any atom is -0.374 e. The first-order valence-corrected chi connectivity index (χ1v) is 5.07. The Morgan fingerprint density at radius 1 is 1.38 bits per heavy atom. The van der Waals surface area contributed by atoms with E-state index in [1.54, 1.807) is 0 Å². The summed E-state index contributed by atoms with van der Waals surface area (Å²) in [5.74, 6) is 0. The van der Waals surface area contributed by atoms with E-state index in [-0.39, 0.29) is 0 Å². The van der Waals surface area contributed by atoms with Crippen molar-refractivity contribution in [3.05, 3.63) is 29.8 Å². The van der Waals surface area contributed by atoms with Crippen molar-refractivity contribution in [3.8, 4) is 0 Å². The molecule has 0 spiro atoms. The second-order valence-electron chi connectivity index (χ2n) is 3.16. The Morgan fingerprint density at radius 2 is 2.08 bits per heavy atom. The highest BCUT2D eigenvalue weighted by molar-refractivity contribution is 7.80. The summed E-state index contributed by atoms with van der Waals surface area (Å²) < 4.78 is 5.61. The smallest absolute Gasteiger partial charge is 0.0731 e. The fourth-order valence-corrected chi connectivity index (χ4v) is 1.21. The first kappa shape index (κ1) is 10.6. The van der Waals surface area contributed by atoms with Crippen molar-refractivity contribution >= 4 is 12.6 Å². The molecule has 1 aromatic rings. The SMILES string of the molecule is CCC(C)OCc1ccccc1S. The van der Waals surface area contributed by atoms with E-state index in [0.29, 0.717) is 12.7 Å². The molecule has 1 nitrogen and oxygen atoms in total. The van der Waals surface area contributed by atoms with Gasteiger partial charge in [-0.2, -0.15) is 0 Å². The highest BCUT2D eigenvalue weighted by atomic mass is 32.1. The van der Waals surface area contributed by atoms with Crippen molar-refractivity contribution in [2.75, 3.05) is 0 Å². The second kappa shape index (κ2) is 5.30. The van der Waals surface area contributed by atoms with Crippen LogP contribution in [0.15, 0.2) is 29.2 Å². The molecule has 0 radical (unpaired) electrons. The standard InChI is InChI=1S/C11H16OS/c1-3-9(2)12-8-10-6-4-5-7-11(10)13/h4-7,9,13H,3,8H2,1-2H3. The molecule has 0 saturated heterocycles. The van der Waals surface area contributed by atoms with Gasteiger partial charge < -0.3 is 4.74 Å². The second-order valence-corrected chi connectivity index (χ2v) is 3.64. The third-order valence-corrected chi connectivity index (χ3v) is 2.53. The molecule has 2 heteroatoms. The summed E-state index contributed by atoms with van der Waals surface area (Å²) in [5, 5.41) is 0. The minimum atomic E-state index is 0.327. The van der Waals surface area contributed by atoms with E-state index >= 15 is 0 Å². The van der Waals surface area contributed by atoms with E-state index in [2.05, 4.69) is 26.5 Å². The predicted molar refractivity (Wildman–Crippen MR) is 58.2 cm³/mol. The van der Waals surface area contributed by atoms with Gasteiger partial charge in [0, 0.05) is 4.90 Å². The van der Waals surface area contributed by atoms with Gasteiger partial charge in [0.15, 0.2) is 0 Å². The third kappa shape index (κ3) is 3.41. The molecule has 1 atom stereocenters. The van der Waals surface area contributed by atoms with Crippen LogP contribution in [0.2, 0.25) is 0 Å². The number of hydrogen-bond acceptors (Lipinski definition) is 2. The van der Waals surface area contributed by atoms with Gasteiger partial charge in [-0.05, 0) is 25.0 Å². The van der Waals surface area contributed by atoms with Crippen LogP contribution in [0, 0.1) is 0 Å². The summed E-state index contributed by atoms with van der Waals surface area (Å²) in [4.78, 5) is 1.01. The molecule has 1 aromatic carbocycles. The van der Waals surface area contributed by atoms with Crippen LogP contribution in [-0.4, -0.2) is 6.10 Å². The van der Waals surface area contributed by atoms with Gasteiger partial charge in [0.05, 0.1) is 12.7 Å². The van der Waals surface area contributed by atoms with Crippen molar-refractivity contribution in [1.29, 1.82) is 0 Å². The average molecular weight is 196 g/mol. The molecule has 1 rings (SSSR count). The molecular weight excluding hydrogens is 180 g/mol. The zero-order valence-corrected chi connectivity index (χ0v) is 9.05. The molecule has 0 aliphatic rings. The van der Waals surface area contributed by atoms with E-state index < -0.39 is 0 Å². The first-order valence-electron chi connectivity index (χ1n) is 4.62. The maximum Gasteiger partial charge on any atom is 0.0731 e. The zero-order valence-electron chi connectivity index (χ0n) is 8.16. The lowest BCUT2D eigenvalue weighted by molar-refractivity contribution is 0.0497. The highest BCUT2D eigenvalue weighted by Gasteiger charge is 2.01. The molecule has 0 saturated carbocycles. The summed E-state index contributed by atoms with van der Waals surface area (Å²) in [6.07, 6.45) is 1.38. The molecular formula is C11H16OS. The molecule has 0 heterocycles. The number of benzene rings is 1. The topological polar surface area (TPSA) is 9.23 Å². The van der Waals surface area contributed by atoms with Crippen LogP contribution in [0.3, 0.4) is 0 Å². The summed E-state index contributed by atoms with van der Waals surface area (Å²) in [7, 11) is 0. The van der Waals surface area contributed by atoms with Gasteiger partial charge in [0.25, 0.3) is 0 Å². The maximum absolute atomic E-state index is 5.61. The quantitative estimate of drug-likeness (QED) is 0.727. The van der Waals surface area contributed by atoms with Gasteiger partial charge in [-0.1, -0.05) is 25.1 Å². The van der Waals surface area contributed by atoms with Gasteiger partial charge in [0.1, 0.15) is 0 Å². The van der Waals surface area contributed by atoms with Gasteiger partial charge in [0.2, 0.25) is 0 Å². The van der Waals surface area contributed by atoms with Gasteiger partial charge in [-0.15, -0.1) is 12.6 Å². The molecule has 0 N–H and O–H groups in total. The number of hydrogen-bond donors (Lipinski definition) is 1. The molecule has 0 aliphatic carbocycles. The normalized spacial score (nSPS) is 12.8. The summed E-state index contributed by atoms with van der Waals surface area (Å²) in [6.45, 7) is 4.87. The van der Waals surface area contributed by atoms with Crippen LogP contribution in [0.25, 0.3) is 0 Å². The Balaban J connectivity index is 2.50. The van der Waals surface area contributed by atoms with Crippen LogP contribution in [-0.2, 0) is 11.3 Å². The van der Waals surface area contributed by atoms with Crippen molar-refractivity contribution < 1.29 is 4.74 Å². The van der Waals surface area contributed by atoms with E-state index in [9.17, 15) is 0 Å². The zero-order chi connectivity index (χ0) is 9.68. The largest absolute Gasteiger partial charge is 0.374 e. The number of rotatable bonds is 4. The third-order valence-electron chi connectivity index (χ3n) is 2.09. The molecule has 0 aromatic heterocycles. The fraction of sp³-hybridized carbons (Fsp3) is 0.455. The van der Waals surface area contributed by atoms with Gasteiger partial charge in [-0.25, -0.2) is 0 Å². The van der Waals surface area contributed by atoms with Crippen molar-refractivity contribution in [1.82, 2.24) is 0 Å². The van der Waals surface area contributed by atoms with E-state index in [4.69, 9.17) is 4.74 Å². The molecule has 0 bridgehead atoms.